The van der Waals surface area contributed by atoms with E-state index < -0.39 is 103 Å². The molecule has 2 aromatic heterocycles. The molecule has 1 saturated heterocycles. The predicted octanol–water partition coefficient (Wildman–Crippen LogP) is -0.480. The van der Waals surface area contributed by atoms with Gasteiger partial charge in [-0.2, -0.15) is 21.3 Å². The first-order chi connectivity index (χ1) is 33.3. The zero-order valence-electron chi connectivity index (χ0n) is 37.0. The van der Waals surface area contributed by atoms with Crippen LogP contribution in [0.2, 0.25) is 0 Å². The molecule has 0 aromatic carbocycles. The summed E-state index contributed by atoms with van der Waals surface area (Å²) in [5.74, 6) is 1.92. The summed E-state index contributed by atoms with van der Waals surface area (Å²) in [4.78, 5) is 128. The van der Waals surface area contributed by atoms with E-state index in [0.717, 1.165) is 6.33 Å². The second-order valence-corrected chi connectivity index (χ2v) is 22.2. The number of nitrogen functional groups attached to an aromatic ring is 1. The number of carbonyl (C=O) groups is 7. The number of aliphatic carboxylic acids is 2. The molecule has 0 bridgehead atoms. The molecule has 14 N–H and O–H groups in total. The number of carbonyl (C=O) groups excluding carboxylic acids is 5. The highest BCUT2D eigenvalue weighted by Gasteiger charge is 2.43. The average molecular weight is 1120 g/mol. The Bertz CT molecular complexity index is 2420. The number of urea groups is 1. The summed E-state index contributed by atoms with van der Waals surface area (Å²) in [6, 6.07) is -4.14. The molecule has 2 aromatic rings. The fourth-order valence-electron chi connectivity index (χ4n) is 6.00. The second-order valence-electron chi connectivity index (χ2n) is 14.7. The molecule has 71 heavy (non-hydrogen) atoms. The summed E-state index contributed by atoms with van der Waals surface area (Å²) in [6.45, 7) is -0.876. The number of aliphatic hydroxyl groups excluding tert-OH is 1. The highest BCUT2D eigenvalue weighted by Crippen LogP contribution is 2.66. The lowest BCUT2D eigenvalue weighted by Crippen LogP contribution is -2.53. The molecule has 0 spiro atoms. The lowest BCUT2D eigenvalue weighted by atomic mass is 10.1. The van der Waals surface area contributed by atoms with Crippen molar-refractivity contribution in [2.24, 2.45) is 0 Å². The first kappa shape index (κ1) is 61.0. The van der Waals surface area contributed by atoms with E-state index in [1.807, 2.05) is 0 Å². The van der Waals surface area contributed by atoms with Crippen molar-refractivity contribution in [3.63, 3.8) is 0 Å². The summed E-state index contributed by atoms with van der Waals surface area (Å²) >= 11 is 4.00. The summed E-state index contributed by atoms with van der Waals surface area (Å²) in [5, 5.41) is 41.4. The molecule has 0 saturated carbocycles. The van der Waals surface area contributed by atoms with Crippen LogP contribution in [0.5, 0.6) is 0 Å². The fraction of sp³-hybridized carbons (Fsp3) is 0.571. The molecular weight excluding hydrogens is 1070 g/mol. The van der Waals surface area contributed by atoms with Crippen LogP contribution in [0, 0.1) is 11.8 Å². The van der Waals surface area contributed by atoms with Gasteiger partial charge in [0.1, 0.15) is 48.5 Å². The van der Waals surface area contributed by atoms with Crippen LogP contribution in [-0.2, 0) is 60.3 Å². The maximum Gasteiger partial charge on any atom is 0.490 e. The molecule has 8 atom stereocenters. The Morgan fingerprint density at radius 3 is 2.34 bits per heavy atom. The van der Waals surface area contributed by atoms with E-state index in [4.69, 9.17) is 25.4 Å². The molecule has 0 radical (unpaired) electrons. The number of aldehydes is 1. The number of amides is 5. The third kappa shape index (κ3) is 22.5. The highest BCUT2D eigenvalue weighted by molar-refractivity contribution is 8.76. The van der Waals surface area contributed by atoms with Gasteiger partial charge in [0.05, 0.1) is 36.2 Å². The lowest BCUT2D eigenvalue weighted by molar-refractivity contribution is -0.143. The SMILES string of the molecule is Nc1ncnc2c1c(C#CCNC(=O)CCSSCC(NC(=O)N[C@H](C=O)CS)C(=O)NCCCCCC(=O)NC(CCC(=O)O)C(=O)O)cn2[C@H]1CC(O)[C@@H](COP(=O)(O)OP(=O)(O)OP(=O)(O)O)O1. The van der Waals surface area contributed by atoms with Crippen LogP contribution in [0.25, 0.3) is 11.0 Å². The molecule has 1 fully saturated rings. The zero-order chi connectivity index (χ0) is 52.9. The molecule has 3 heterocycles. The standard InChI is InChI=1S/C35H52N9O21P3S3/c36-31-30-20(14-44(32(30)40-19-39-31)28-13-24(46)25(63-28)16-62-67(58,59)65-68(60,61)64-66(55,56)57)5-4-11-37-26(47)9-12-70-71-18-23(43-35(54)41-21(15-45)17-69)33(51)38-10-3-1-2-6-27(48)42-22(34(52)53)7-8-29(49)50/h14-15,19,21-25,28,46,69H,1-3,6-13,16-18H2,(H,37,47)(H,38,51)(H,42,48)(H,49,50)(H,52,53)(H,58,59)(H,60,61)(H2,36,39,40)(H2,41,43,54)(H2,55,56,57)/t21-,22?,23?,24?,25-,28-/m1/s1. The number of nitrogens with one attached hydrogen (secondary N) is 5. The van der Waals surface area contributed by atoms with Gasteiger partial charge in [-0.1, -0.05) is 39.8 Å². The first-order valence-corrected chi connectivity index (χ1v) is 28.4. The molecule has 3 rings (SSSR count). The number of carboxylic acids is 2. The summed E-state index contributed by atoms with van der Waals surface area (Å²) < 4.78 is 53.9. The maximum absolute atomic E-state index is 13.1. The summed E-state index contributed by atoms with van der Waals surface area (Å²) in [7, 11) is -14.5. The Morgan fingerprint density at radius 2 is 1.68 bits per heavy atom. The number of nitrogens with zero attached hydrogens (tertiary/aromatic N) is 3. The van der Waals surface area contributed by atoms with E-state index in [0.29, 0.717) is 25.5 Å². The number of ether oxygens (including phenoxy) is 1. The monoisotopic (exact) mass is 1120 g/mol. The smallest absolute Gasteiger partial charge is 0.481 e. The van der Waals surface area contributed by atoms with Gasteiger partial charge in [0.2, 0.25) is 17.7 Å². The van der Waals surface area contributed by atoms with Crippen molar-refractivity contribution in [3.05, 3.63) is 18.1 Å². The number of carboxylic acid groups (broad SMARTS) is 2. The van der Waals surface area contributed by atoms with E-state index in [-0.39, 0.29) is 84.4 Å². The van der Waals surface area contributed by atoms with Crippen molar-refractivity contribution in [2.45, 2.75) is 87.9 Å². The number of rotatable bonds is 31. The van der Waals surface area contributed by atoms with Crippen molar-refractivity contribution < 1.29 is 100 Å². The van der Waals surface area contributed by atoms with E-state index in [2.05, 4.69) is 74.2 Å². The van der Waals surface area contributed by atoms with Gasteiger partial charge in [-0.05, 0) is 19.3 Å². The van der Waals surface area contributed by atoms with Crippen LogP contribution in [-0.4, -0.2) is 159 Å². The van der Waals surface area contributed by atoms with Crippen molar-refractivity contribution in [2.75, 3.05) is 42.7 Å². The predicted molar refractivity (Wildman–Crippen MR) is 253 cm³/mol. The Labute approximate surface area is 416 Å². The number of fused-ring (bicyclic) bond motifs is 1. The third-order valence-electron chi connectivity index (χ3n) is 9.26. The molecule has 396 valence electrons. The van der Waals surface area contributed by atoms with Gasteiger partial charge in [-0.15, -0.1) is 0 Å². The number of anilines is 1. The molecule has 5 amide bonds. The van der Waals surface area contributed by atoms with Gasteiger partial charge in [0, 0.05) is 55.7 Å². The molecule has 5 unspecified atom stereocenters. The van der Waals surface area contributed by atoms with E-state index in [1.165, 1.54) is 32.4 Å². The number of aliphatic hydroxyl groups is 1. The van der Waals surface area contributed by atoms with E-state index in [9.17, 15) is 67.3 Å². The minimum absolute atomic E-state index is 0.00515. The number of aromatic nitrogens is 3. The van der Waals surface area contributed by atoms with Crippen LogP contribution >= 0.6 is 57.7 Å². The van der Waals surface area contributed by atoms with E-state index in [1.54, 1.807) is 0 Å². The molecule has 1 aliphatic heterocycles. The van der Waals surface area contributed by atoms with E-state index >= 15 is 0 Å². The number of hydrogen-bond acceptors (Lipinski definition) is 21. The number of hydrogen-bond donors (Lipinski definition) is 14. The van der Waals surface area contributed by atoms with Crippen LogP contribution in [0.4, 0.5) is 10.6 Å². The van der Waals surface area contributed by atoms with Crippen LogP contribution in [0.15, 0.2) is 12.5 Å². The minimum atomic E-state index is -5.78. The Kier molecular flexibility index (Phi) is 25.2. The minimum Gasteiger partial charge on any atom is -0.481 e. The maximum atomic E-state index is 13.1. The van der Waals surface area contributed by atoms with Gasteiger partial charge in [0.15, 0.2) is 0 Å². The number of unbranched alkanes of at least 4 members (excludes halogenated alkanes) is 2. The van der Waals surface area contributed by atoms with Gasteiger partial charge >= 0.3 is 41.4 Å². The van der Waals surface area contributed by atoms with Crippen molar-refractivity contribution in [1.82, 2.24) is 41.1 Å². The fourth-order valence-corrected chi connectivity index (χ4v) is 11.4. The first-order valence-electron chi connectivity index (χ1n) is 20.7. The lowest BCUT2D eigenvalue weighted by Gasteiger charge is -2.19. The third-order valence-corrected chi connectivity index (χ3v) is 15.9. The Hall–Kier alpha value is -4.35. The largest absolute Gasteiger partial charge is 0.490 e. The molecule has 1 aliphatic rings. The van der Waals surface area contributed by atoms with Crippen molar-refractivity contribution >= 4 is 117 Å². The van der Waals surface area contributed by atoms with Crippen LogP contribution in [0.3, 0.4) is 0 Å². The topological polar surface area (TPSA) is 466 Å². The zero-order valence-corrected chi connectivity index (χ0v) is 42.2. The summed E-state index contributed by atoms with van der Waals surface area (Å²) in [5.41, 5.74) is 6.60. The Balaban J connectivity index is 1.49. The quantitative estimate of drug-likeness (QED) is 0.0113. The Morgan fingerprint density at radius 1 is 0.944 bits per heavy atom. The normalized spacial score (nSPS) is 18.6. The van der Waals surface area contributed by atoms with Gasteiger partial charge < -0.3 is 81.3 Å². The van der Waals surface area contributed by atoms with Gasteiger partial charge in [0.25, 0.3) is 0 Å². The average Bonchev–Trinajstić information content (AvgIpc) is 3.84. The second kappa shape index (κ2) is 29.4. The number of nitrogens with two attached hydrogens (primary N) is 1. The molecule has 0 aliphatic carbocycles. The number of thiol groups is 1. The molecular formula is C35H52N9O21P3S3. The van der Waals surface area contributed by atoms with Crippen LogP contribution < -0.4 is 32.3 Å². The van der Waals surface area contributed by atoms with Crippen LogP contribution in [0.1, 0.15) is 63.2 Å². The van der Waals surface area contributed by atoms with Gasteiger partial charge in [-0.25, -0.2) is 33.3 Å². The number of phosphoric ester groups is 1. The van der Waals surface area contributed by atoms with Gasteiger partial charge in [-0.3, -0.25) is 23.7 Å². The number of phosphoric acid groups is 3. The highest BCUT2D eigenvalue weighted by atomic mass is 33.1. The summed E-state index contributed by atoms with van der Waals surface area (Å²) in [6.07, 6.45) is -0.269. The van der Waals surface area contributed by atoms with Crippen molar-refractivity contribution in [3.8, 4) is 11.8 Å². The molecule has 30 nitrogen and oxygen atoms in total. The van der Waals surface area contributed by atoms with Crippen molar-refractivity contribution in [1.29, 1.82) is 0 Å². The molecule has 36 heteroatoms.